The second-order valence-corrected chi connectivity index (χ2v) is 9.46. The lowest BCUT2D eigenvalue weighted by molar-refractivity contribution is 0.0724. The summed E-state index contributed by atoms with van der Waals surface area (Å²) >= 11 is 0. The summed E-state index contributed by atoms with van der Waals surface area (Å²) in [7, 11) is 4.18. The lowest BCUT2D eigenvalue weighted by atomic mass is 9.95. The number of nitrogens with zero attached hydrogens (tertiary/aromatic N) is 4. The molecule has 1 aliphatic heterocycles. The number of benzene rings is 2. The van der Waals surface area contributed by atoms with E-state index in [0.29, 0.717) is 5.92 Å². The predicted molar refractivity (Wildman–Crippen MR) is 134 cm³/mol. The molecule has 2 heterocycles. The Morgan fingerprint density at radius 1 is 1.00 bits per heavy atom. The van der Waals surface area contributed by atoms with Gasteiger partial charge in [-0.15, -0.1) is 0 Å². The highest BCUT2D eigenvalue weighted by Crippen LogP contribution is 2.30. The Bertz CT molecular complexity index is 985. The molecule has 2 aromatic carbocycles. The van der Waals surface area contributed by atoms with Gasteiger partial charge in [-0.1, -0.05) is 24.3 Å². The van der Waals surface area contributed by atoms with Crippen LogP contribution in [0.4, 0.5) is 5.69 Å². The minimum absolute atomic E-state index is 0.260. The third kappa shape index (κ3) is 5.51. The smallest absolute Gasteiger partial charge is 0.113 e. The molecule has 1 aliphatic rings. The average Bonchev–Trinajstić information content (AvgIpc) is 3.17. The van der Waals surface area contributed by atoms with E-state index >= 15 is 0 Å². The summed E-state index contributed by atoms with van der Waals surface area (Å²) in [4.78, 5) is 9.83. The highest BCUT2D eigenvalue weighted by molar-refractivity contribution is 5.76. The van der Waals surface area contributed by atoms with Crippen molar-refractivity contribution in [1.82, 2.24) is 14.5 Å². The van der Waals surface area contributed by atoms with Gasteiger partial charge >= 0.3 is 0 Å². The Morgan fingerprint density at radius 2 is 1.72 bits per heavy atom. The van der Waals surface area contributed by atoms with Crippen LogP contribution in [0.1, 0.15) is 44.0 Å². The zero-order chi connectivity index (χ0) is 22.5. The third-order valence-corrected chi connectivity index (χ3v) is 6.57. The Kier molecular flexibility index (Phi) is 7.48. The molecular formula is C27H38N4O. The van der Waals surface area contributed by atoms with Crippen LogP contribution in [0.15, 0.2) is 48.5 Å². The number of para-hydroxylation sites is 2. The monoisotopic (exact) mass is 434 g/mol. The lowest BCUT2D eigenvalue weighted by Crippen LogP contribution is -2.35. The van der Waals surface area contributed by atoms with Crippen molar-refractivity contribution >= 4 is 16.7 Å². The van der Waals surface area contributed by atoms with Gasteiger partial charge in [-0.2, -0.15) is 0 Å². The molecule has 0 N–H and O–H groups in total. The van der Waals surface area contributed by atoms with Gasteiger partial charge in [0.25, 0.3) is 0 Å². The fraction of sp³-hybridized carbons (Fsp3) is 0.519. The van der Waals surface area contributed by atoms with Crippen molar-refractivity contribution in [2.24, 2.45) is 0 Å². The van der Waals surface area contributed by atoms with Crippen molar-refractivity contribution in [2.45, 2.75) is 51.7 Å². The quantitative estimate of drug-likeness (QED) is 0.477. The van der Waals surface area contributed by atoms with Gasteiger partial charge in [0.15, 0.2) is 0 Å². The van der Waals surface area contributed by atoms with E-state index in [9.17, 15) is 0 Å². The Morgan fingerprint density at radius 3 is 2.41 bits per heavy atom. The van der Waals surface area contributed by atoms with Gasteiger partial charge in [-0.05, 0) is 76.0 Å². The van der Waals surface area contributed by atoms with E-state index < -0.39 is 0 Å². The largest absolute Gasteiger partial charge is 0.378 e. The predicted octanol–water partition coefficient (Wildman–Crippen LogP) is 4.95. The van der Waals surface area contributed by atoms with E-state index in [-0.39, 0.29) is 6.10 Å². The summed E-state index contributed by atoms with van der Waals surface area (Å²) in [5, 5.41) is 0. The molecule has 1 aromatic heterocycles. The summed E-state index contributed by atoms with van der Waals surface area (Å²) < 4.78 is 8.27. The maximum Gasteiger partial charge on any atom is 0.113 e. The van der Waals surface area contributed by atoms with Crippen molar-refractivity contribution in [3.63, 3.8) is 0 Å². The minimum Gasteiger partial charge on any atom is -0.378 e. The Labute approximate surface area is 193 Å². The van der Waals surface area contributed by atoms with E-state index in [1.165, 1.54) is 35.4 Å². The molecule has 0 amide bonds. The number of piperidine rings is 1. The first-order valence-corrected chi connectivity index (χ1v) is 12.1. The maximum atomic E-state index is 5.86. The standard InChI is InChI=1S/C27H38N4O/c1-21(2)32-20-19-31-26-8-6-5-7-25(26)28-27(31)23-14-17-30(18-15-23)16-13-22-9-11-24(12-10-22)29(3)4/h5-12,21,23H,13-20H2,1-4H3. The number of imidazole rings is 1. The number of hydrogen-bond donors (Lipinski definition) is 0. The summed E-state index contributed by atoms with van der Waals surface area (Å²) in [5.41, 5.74) is 5.02. The molecule has 5 nitrogen and oxygen atoms in total. The molecule has 4 rings (SSSR count). The number of aromatic nitrogens is 2. The van der Waals surface area contributed by atoms with Gasteiger partial charge in [0.05, 0.1) is 23.7 Å². The van der Waals surface area contributed by atoms with E-state index in [1.54, 1.807) is 0 Å². The molecule has 0 bridgehead atoms. The summed E-state index contributed by atoms with van der Waals surface area (Å²) in [5.74, 6) is 1.77. The van der Waals surface area contributed by atoms with Gasteiger partial charge < -0.3 is 19.1 Å². The molecule has 0 unspecified atom stereocenters. The van der Waals surface area contributed by atoms with Crippen molar-refractivity contribution in [3.8, 4) is 0 Å². The third-order valence-electron chi connectivity index (χ3n) is 6.57. The topological polar surface area (TPSA) is 33.5 Å². The van der Waals surface area contributed by atoms with Crippen LogP contribution < -0.4 is 4.90 Å². The molecule has 0 radical (unpaired) electrons. The van der Waals surface area contributed by atoms with Crippen molar-refractivity contribution in [3.05, 3.63) is 59.9 Å². The van der Waals surface area contributed by atoms with Crippen LogP contribution in [-0.2, 0) is 17.7 Å². The van der Waals surface area contributed by atoms with Crippen LogP contribution in [0.5, 0.6) is 0 Å². The van der Waals surface area contributed by atoms with Crippen LogP contribution >= 0.6 is 0 Å². The first-order valence-electron chi connectivity index (χ1n) is 12.1. The number of hydrogen-bond acceptors (Lipinski definition) is 4. The van der Waals surface area contributed by atoms with Crippen LogP contribution in [0.2, 0.25) is 0 Å². The number of ether oxygens (including phenoxy) is 1. The summed E-state index contributed by atoms with van der Waals surface area (Å²) in [6, 6.07) is 17.5. The molecule has 0 saturated carbocycles. The Balaban J connectivity index is 1.36. The zero-order valence-corrected chi connectivity index (χ0v) is 20.1. The van der Waals surface area contributed by atoms with E-state index in [1.807, 2.05) is 0 Å². The first-order chi connectivity index (χ1) is 15.5. The first kappa shape index (κ1) is 22.8. The molecule has 0 atom stereocenters. The molecule has 3 aromatic rings. The van der Waals surface area contributed by atoms with Crippen LogP contribution in [0, 0.1) is 0 Å². The van der Waals surface area contributed by atoms with Gasteiger partial charge in [0.1, 0.15) is 5.82 Å². The minimum atomic E-state index is 0.260. The van der Waals surface area contributed by atoms with Crippen molar-refractivity contribution in [2.75, 3.05) is 45.2 Å². The second kappa shape index (κ2) is 10.5. The van der Waals surface area contributed by atoms with Crippen LogP contribution in [0.3, 0.4) is 0 Å². The zero-order valence-electron chi connectivity index (χ0n) is 20.1. The summed E-state index contributed by atoms with van der Waals surface area (Å²) in [6.07, 6.45) is 3.72. The number of likely N-dealkylation sites (tertiary alicyclic amines) is 1. The van der Waals surface area contributed by atoms with Crippen LogP contribution in [0.25, 0.3) is 11.0 Å². The highest BCUT2D eigenvalue weighted by atomic mass is 16.5. The molecule has 1 saturated heterocycles. The van der Waals surface area contributed by atoms with E-state index in [2.05, 4.69) is 90.8 Å². The van der Waals surface area contributed by atoms with Crippen molar-refractivity contribution < 1.29 is 4.74 Å². The Hall–Kier alpha value is -2.37. The molecule has 172 valence electrons. The molecular weight excluding hydrogens is 396 g/mol. The highest BCUT2D eigenvalue weighted by Gasteiger charge is 2.25. The molecule has 32 heavy (non-hydrogen) atoms. The lowest BCUT2D eigenvalue weighted by Gasteiger charge is -2.32. The van der Waals surface area contributed by atoms with E-state index in [4.69, 9.17) is 9.72 Å². The van der Waals surface area contributed by atoms with Gasteiger partial charge in [-0.25, -0.2) is 4.98 Å². The molecule has 1 fully saturated rings. The summed E-state index contributed by atoms with van der Waals surface area (Å²) in [6.45, 7) is 9.22. The number of fused-ring (bicyclic) bond motifs is 1. The van der Waals surface area contributed by atoms with Crippen molar-refractivity contribution in [1.29, 1.82) is 0 Å². The molecule has 0 aliphatic carbocycles. The normalized spacial score (nSPS) is 15.7. The van der Waals surface area contributed by atoms with E-state index in [0.717, 1.165) is 44.7 Å². The van der Waals surface area contributed by atoms with Gasteiger partial charge in [-0.3, -0.25) is 0 Å². The average molecular weight is 435 g/mol. The molecule has 0 spiro atoms. The fourth-order valence-electron chi connectivity index (χ4n) is 4.68. The maximum absolute atomic E-state index is 5.86. The van der Waals surface area contributed by atoms with Crippen LogP contribution in [-0.4, -0.2) is 60.9 Å². The van der Waals surface area contributed by atoms with Gasteiger partial charge in [0.2, 0.25) is 0 Å². The fourth-order valence-corrected chi connectivity index (χ4v) is 4.68. The number of rotatable bonds is 9. The molecule has 5 heteroatoms. The SMILES string of the molecule is CC(C)OCCn1c(C2CCN(CCc3ccc(N(C)C)cc3)CC2)nc2ccccc21. The van der Waals surface area contributed by atoms with Gasteiger partial charge in [0, 0.05) is 38.8 Å². The number of anilines is 1. The second-order valence-electron chi connectivity index (χ2n) is 9.46.